The molecule has 0 aromatic heterocycles. The van der Waals surface area contributed by atoms with Crippen molar-refractivity contribution in [2.45, 2.75) is 73.4 Å². The first kappa shape index (κ1) is 37.0. The van der Waals surface area contributed by atoms with Gasteiger partial charge in [0.15, 0.2) is 0 Å². The molecule has 1 heterocycles. The molecule has 0 saturated heterocycles. The predicted octanol–water partition coefficient (Wildman–Crippen LogP) is 8.88. The molecule has 1 fully saturated rings. The molecule has 1 saturated carbocycles. The number of oxime groups is 1. The maximum Gasteiger partial charge on any atom is 0.231 e. The van der Waals surface area contributed by atoms with E-state index in [1.807, 2.05) is 48.5 Å². The van der Waals surface area contributed by atoms with Crippen LogP contribution < -0.4 is 9.47 Å². The topological polar surface area (TPSA) is 89.7 Å². The van der Waals surface area contributed by atoms with Crippen LogP contribution in [-0.2, 0) is 16.2 Å². The van der Waals surface area contributed by atoms with Gasteiger partial charge in [-0.3, -0.25) is 0 Å². The van der Waals surface area contributed by atoms with Crippen molar-refractivity contribution in [3.8, 4) is 11.5 Å². The van der Waals surface area contributed by atoms with Gasteiger partial charge in [0.25, 0.3) is 0 Å². The van der Waals surface area contributed by atoms with E-state index in [-0.39, 0.29) is 42.1 Å². The highest BCUT2D eigenvalue weighted by molar-refractivity contribution is 8.00. The summed E-state index contributed by atoms with van der Waals surface area (Å²) in [6.45, 7) is 9.31. The molecule has 51 heavy (non-hydrogen) atoms. The number of unbranched alkanes of at least 4 members (excludes halogenated alkanes) is 2. The molecule has 3 aliphatic rings. The van der Waals surface area contributed by atoms with Crippen molar-refractivity contribution < 1.29 is 29.3 Å². The molecule has 3 aromatic rings. The van der Waals surface area contributed by atoms with Gasteiger partial charge in [0, 0.05) is 36.0 Å². The molecule has 0 radical (unpaired) electrons. The predicted molar refractivity (Wildman–Crippen MR) is 204 cm³/mol. The summed E-state index contributed by atoms with van der Waals surface area (Å²) in [5.74, 6) is 0.762. The summed E-state index contributed by atoms with van der Waals surface area (Å²) in [6.07, 6.45) is 11.7. The second kappa shape index (κ2) is 18.1. The van der Waals surface area contributed by atoms with Crippen molar-refractivity contribution >= 4 is 17.5 Å². The van der Waals surface area contributed by atoms with Crippen molar-refractivity contribution in [3.05, 3.63) is 127 Å². The van der Waals surface area contributed by atoms with Crippen LogP contribution >= 0.6 is 11.8 Å². The van der Waals surface area contributed by atoms with Gasteiger partial charge in [-0.1, -0.05) is 91.3 Å². The van der Waals surface area contributed by atoms with E-state index in [2.05, 4.69) is 49.6 Å². The number of hydrogen-bond acceptors (Lipinski definition) is 8. The molecular formula is C43H51NO6S. The van der Waals surface area contributed by atoms with Crippen molar-refractivity contribution in [1.29, 1.82) is 0 Å². The zero-order chi connectivity index (χ0) is 35.5. The molecule has 0 bridgehead atoms. The van der Waals surface area contributed by atoms with Crippen molar-refractivity contribution in [1.82, 2.24) is 0 Å². The van der Waals surface area contributed by atoms with Crippen molar-refractivity contribution in [2.75, 3.05) is 26.4 Å². The molecule has 270 valence electrons. The van der Waals surface area contributed by atoms with Crippen LogP contribution in [0.3, 0.4) is 0 Å². The Bertz CT molecular complexity index is 1640. The van der Waals surface area contributed by atoms with Crippen LogP contribution in [0, 0.1) is 17.8 Å². The maximum absolute atomic E-state index is 9.84. The van der Waals surface area contributed by atoms with Crippen LogP contribution in [0.2, 0.25) is 0 Å². The molecule has 0 spiro atoms. The Morgan fingerprint density at radius 2 is 1.61 bits per heavy atom. The number of hydrogen-bond donors (Lipinski definition) is 2. The van der Waals surface area contributed by atoms with Gasteiger partial charge in [-0.05, 0) is 79.0 Å². The van der Waals surface area contributed by atoms with Gasteiger partial charge < -0.3 is 29.3 Å². The first-order valence-electron chi connectivity index (χ1n) is 18.3. The monoisotopic (exact) mass is 709 g/mol. The maximum atomic E-state index is 9.84. The molecule has 6 atom stereocenters. The fourth-order valence-corrected chi connectivity index (χ4v) is 9.40. The molecule has 2 N–H and O–H groups in total. The molecule has 6 rings (SSSR count). The number of aliphatic hydroxyl groups is 2. The minimum atomic E-state index is -1.04. The van der Waals surface area contributed by atoms with E-state index in [0.29, 0.717) is 26.2 Å². The summed E-state index contributed by atoms with van der Waals surface area (Å²) in [5.41, 5.74) is 4.18. The van der Waals surface area contributed by atoms with E-state index in [1.165, 1.54) is 0 Å². The lowest BCUT2D eigenvalue weighted by Gasteiger charge is -2.58. The van der Waals surface area contributed by atoms with E-state index in [0.717, 1.165) is 77.3 Å². The lowest BCUT2D eigenvalue weighted by Crippen LogP contribution is -2.64. The Balaban J connectivity index is 1.53. The number of thioether (sulfide) groups is 1. The van der Waals surface area contributed by atoms with Crippen molar-refractivity contribution in [2.24, 2.45) is 22.9 Å². The summed E-state index contributed by atoms with van der Waals surface area (Å²) in [5, 5.41) is 24.4. The third-order valence-electron chi connectivity index (χ3n) is 10.3. The Hall–Kier alpha value is -3.82. The van der Waals surface area contributed by atoms with Crippen molar-refractivity contribution in [3.63, 3.8) is 0 Å². The summed E-state index contributed by atoms with van der Waals surface area (Å²) >= 11 is 1.76. The normalized spacial score (nSPS) is 25.6. The Kier molecular flexibility index (Phi) is 13.1. The Morgan fingerprint density at radius 3 is 2.33 bits per heavy atom. The quantitative estimate of drug-likeness (QED) is 0.0730. The highest BCUT2D eigenvalue weighted by Crippen LogP contribution is 2.63. The highest BCUT2D eigenvalue weighted by Gasteiger charge is 2.64. The zero-order valence-electron chi connectivity index (χ0n) is 29.4. The SMILES string of the molecule is C=CCOc1ccc2c(c1)C1C(CCCCO)C(CCCCO)C=C3C(=NOCc4ccccc4)CC(Sc4ccccc4)C(OCC=C)(O2)C31. The molecular weight excluding hydrogens is 659 g/mol. The third-order valence-corrected chi connectivity index (χ3v) is 11.6. The van der Waals surface area contributed by atoms with E-state index in [1.54, 1.807) is 23.9 Å². The van der Waals surface area contributed by atoms with E-state index < -0.39 is 5.79 Å². The number of fused-ring (bicyclic) bond motifs is 2. The molecule has 2 aliphatic carbocycles. The van der Waals surface area contributed by atoms with Gasteiger partial charge in [0.2, 0.25) is 5.79 Å². The smallest absolute Gasteiger partial charge is 0.231 e. The number of nitrogens with zero attached hydrogens (tertiary/aromatic N) is 1. The second-order valence-corrected chi connectivity index (χ2v) is 14.8. The molecule has 6 unspecified atom stereocenters. The van der Waals surface area contributed by atoms with E-state index in [9.17, 15) is 10.2 Å². The number of allylic oxidation sites excluding steroid dienone is 1. The zero-order valence-corrected chi connectivity index (χ0v) is 30.2. The summed E-state index contributed by atoms with van der Waals surface area (Å²) in [7, 11) is 0. The summed E-state index contributed by atoms with van der Waals surface area (Å²) in [6, 6.07) is 26.7. The lowest BCUT2D eigenvalue weighted by atomic mass is 9.56. The van der Waals surface area contributed by atoms with Crippen LogP contribution in [-0.4, -0.2) is 53.4 Å². The molecule has 7 nitrogen and oxygen atoms in total. The van der Waals surface area contributed by atoms with Gasteiger partial charge in [0.05, 0.1) is 23.5 Å². The molecule has 0 amide bonds. The highest BCUT2D eigenvalue weighted by atomic mass is 32.2. The third kappa shape index (κ3) is 8.47. The van der Waals surface area contributed by atoms with Crippen LogP contribution in [0.4, 0.5) is 0 Å². The Morgan fingerprint density at radius 1 is 0.882 bits per heavy atom. The first-order valence-corrected chi connectivity index (χ1v) is 19.2. The van der Waals surface area contributed by atoms with Gasteiger partial charge in [-0.2, -0.15) is 0 Å². The Labute approximate surface area is 307 Å². The fourth-order valence-electron chi connectivity index (χ4n) is 8.09. The van der Waals surface area contributed by atoms with Gasteiger partial charge >= 0.3 is 0 Å². The van der Waals surface area contributed by atoms with E-state index in [4.69, 9.17) is 24.2 Å². The first-order chi connectivity index (χ1) is 25.1. The van der Waals surface area contributed by atoms with E-state index >= 15 is 0 Å². The van der Waals surface area contributed by atoms with Gasteiger partial charge in [-0.15, -0.1) is 18.3 Å². The largest absolute Gasteiger partial charge is 0.490 e. The lowest BCUT2D eigenvalue weighted by molar-refractivity contribution is -0.223. The average Bonchev–Trinajstić information content (AvgIpc) is 3.16. The van der Waals surface area contributed by atoms with Crippen LogP contribution in [0.1, 0.15) is 62.0 Å². The molecule has 3 aromatic carbocycles. The average molecular weight is 710 g/mol. The minimum Gasteiger partial charge on any atom is -0.490 e. The van der Waals surface area contributed by atoms with Gasteiger partial charge in [-0.25, -0.2) is 0 Å². The second-order valence-electron chi connectivity index (χ2n) is 13.5. The summed E-state index contributed by atoms with van der Waals surface area (Å²) in [4.78, 5) is 7.29. The number of benzene rings is 3. The summed E-state index contributed by atoms with van der Waals surface area (Å²) < 4.78 is 20.4. The number of ether oxygens (including phenoxy) is 3. The van der Waals surface area contributed by atoms with Gasteiger partial charge in [0.1, 0.15) is 24.7 Å². The number of rotatable bonds is 19. The van der Waals surface area contributed by atoms with Crippen LogP contribution in [0.15, 0.2) is 126 Å². The van der Waals surface area contributed by atoms with Crippen LogP contribution in [0.5, 0.6) is 11.5 Å². The minimum absolute atomic E-state index is 0.00200. The molecule has 8 heteroatoms. The molecule has 1 aliphatic heterocycles. The number of aliphatic hydroxyl groups excluding tert-OH is 2. The van der Waals surface area contributed by atoms with Crippen LogP contribution in [0.25, 0.3) is 0 Å². The standard InChI is InChI=1S/C43H51NO6S/c1-3-25-47-33-21-22-39-37(28-33)41-35(20-12-14-24-46)32(17-11-13-23-45)27-36-38(44-49-30-31-15-7-5-8-16-31)29-40(51-34-18-9-6-10-19-34)43(50-39,42(36)41)48-26-4-2/h3-10,15-16,18-19,21-22,27-28,32,35,40-42,45-46H,1-2,11-14,17,20,23-26,29-30H2. The fraction of sp³-hybridized carbons (Fsp3) is 0.419.